The van der Waals surface area contributed by atoms with E-state index < -0.39 is 12.0 Å². The van der Waals surface area contributed by atoms with E-state index in [2.05, 4.69) is 5.32 Å². The molecule has 1 unspecified atom stereocenters. The number of carboxylic acids is 1. The number of nitrogens with zero attached hydrogens (tertiary/aromatic N) is 1. The maximum Gasteiger partial charge on any atom is 0.321 e. The summed E-state index contributed by atoms with van der Waals surface area (Å²) in [6, 6.07) is -0.764. The molecular formula is C10H18N2O3. The van der Waals surface area contributed by atoms with Gasteiger partial charge in [0.25, 0.3) is 0 Å². The van der Waals surface area contributed by atoms with Crippen LogP contribution in [-0.4, -0.2) is 48.1 Å². The van der Waals surface area contributed by atoms with Gasteiger partial charge in [-0.2, -0.15) is 0 Å². The van der Waals surface area contributed by atoms with E-state index in [9.17, 15) is 9.59 Å². The number of carbonyl (C=O) groups is 2. The van der Waals surface area contributed by atoms with Crippen LogP contribution in [0.15, 0.2) is 0 Å². The first-order chi connectivity index (χ1) is 7.15. The van der Waals surface area contributed by atoms with Gasteiger partial charge in [0.1, 0.15) is 6.04 Å². The number of amides is 1. The van der Waals surface area contributed by atoms with Crippen molar-refractivity contribution in [3.63, 3.8) is 0 Å². The molecule has 1 aliphatic rings. The van der Waals surface area contributed by atoms with Crippen LogP contribution in [0.1, 0.15) is 25.7 Å². The number of carbonyl (C=O) groups excluding carboxylic acids is 1. The number of likely N-dealkylation sites (N-methyl/N-ethyl adjacent to an activating group) is 1. The van der Waals surface area contributed by atoms with Crippen molar-refractivity contribution in [3.8, 4) is 0 Å². The minimum atomic E-state index is -0.970. The quantitative estimate of drug-likeness (QED) is 0.694. The van der Waals surface area contributed by atoms with Crippen molar-refractivity contribution in [1.82, 2.24) is 10.2 Å². The first-order valence-electron chi connectivity index (χ1n) is 5.33. The molecule has 1 atom stereocenters. The standard InChI is InChI=1S/C10H18N2O3/c1-11-8(10(14)15)7-9(13)12-5-3-2-4-6-12/h8,11H,2-7H2,1H3,(H,14,15). The van der Waals surface area contributed by atoms with Gasteiger partial charge < -0.3 is 15.3 Å². The smallest absolute Gasteiger partial charge is 0.321 e. The van der Waals surface area contributed by atoms with Gasteiger partial charge in [0.15, 0.2) is 0 Å². The highest BCUT2D eigenvalue weighted by Crippen LogP contribution is 2.10. The molecule has 5 heteroatoms. The van der Waals surface area contributed by atoms with E-state index in [1.54, 1.807) is 11.9 Å². The van der Waals surface area contributed by atoms with Crippen LogP contribution in [-0.2, 0) is 9.59 Å². The molecule has 1 aliphatic heterocycles. The van der Waals surface area contributed by atoms with E-state index >= 15 is 0 Å². The zero-order chi connectivity index (χ0) is 11.3. The van der Waals surface area contributed by atoms with Crippen LogP contribution >= 0.6 is 0 Å². The first-order valence-corrected chi connectivity index (χ1v) is 5.33. The molecule has 0 aliphatic carbocycles. The molecule has 1 fully saturated rings. The van der Waals surface area contributed by atoms with Gasteiger partial charge in [0.2, 0.25) is 5.91 Å². The molecule has 86 valence electrons. The molecule has 0 aromatic heterocycles. The fourth-order valence-corrected chi connectivity index (χ4v) is 1.76. The van der Waals surface area contributed by atoms with Crippen molar-refractivity contribution in [2.75, 3.05) is 20.1 Å². The first kappa shape index (κ1) is 12.0. The number of nitrogens with one attached hydrogen (secondary N) is 1. The lowest BCUT2D eigenvalue weighted by Crippen LogP contribution is -2.42. The maximum absolute atomic E-state index is 11.7. The maximum atomic E-state index is 11.7. The van der Waals surface area contributed by atoms with Crippen molar-refractivity contribution in [3.05, 3.63) is 0 Å². The van der Waals surface area contributed by atoms with Gasteiger partial charge in [-0.1, -0.05) is 0 Å². The molecule has 0 aromatic carbocycles. The SMILES string of the molecule is CNC(CC(=O)N1CCCCC1)C(=O)O. The van der Waals surface area contributed by atoms with Crippen molar-refractivity contribution < 1.29 is 14.7 Å². The molecule has 0 spiro atoms. The molecule has 1 saturated heterocycles. The average Bonchev–Trinajstić information content (AvgIpc) is 2.26. The van der Waals surface area contributed by atoms with E-state index in [0.29, 0.717) is 0 Å². The Balaban J connectivity index is 2.42. The number of hydrogen-bond acceptors (Lipinski definition) is 3. The second-order valence-electron chi connectivity index (χ2n) is 3.83. The minimum absolute atomic E-state index is 0.0475. The predicted octanol–water partition coefficient (Wildman–Crippen LogP) is 0.0616. The van der Waals surface area contributed by atoms with Gasteiger partial charge in [-0.25, -0.2) is 0 Å². The molecule has 0 saturated carbocycles. The fourth-order valence-electron chi connectivity index (χ4n) is 1.76. The Bertz CT molecular complexity index is 237. The van der Waals surface area contributed by atoms with Gasteiger partial charge in [-0.3, -0.25) is 9.59 Å². The summed E-state index contributed by atoms with van der Waals surface area (Å²) in [7, 11) is 1.56. The van der Waals surface area contributed by atoms with Gasteiger partial charge >= 0.3 is 5.97 Å². The van der Waals surface area contributed by atoms with Crippen molar-refractivity contribution in [2.24, 2.45) is 0 Å². The number of carboxylic acid groups (broad SMARTS) is 1. The summed E-state index contributed by atoms with van der Waals surface area (Å²) >= 11 is 0. The summed E-state index contributed by atoms with van der Waals surface area (Å²) in [6.07, 6.45) is 3.27. The summed E-state index contributed by atoms with van der Waals surface area (Å²) in [5.74, 6) is -1.03. The Morgan fingerprint density at radius 2 is 1.93 bits per heavy atom. The van der Waals surface area contributed by atoms with Gasteiger partial charge in [0.05, 0.1) is 6.42 Å². The number of piperidine rings is 1. The van der Waals surface area contributed by atoms with Crippen molar-refractivity contribution >= 4 is 11.9 Å². The van der Waals surface area contributed by atoms with Crippen molar-refractivity contribution in [2.45, 2.75) is 31.7 Å². The predicted molar refractivity (Wildman–Crippen MR) is 55.5 cm³/mol. The number of aliphatic carboxylic acids is 1. The van der Waals surface area contributed by atoms with E-state index in [1.165, 1.54) is 0 Å². The van der Waals surface area contributed by atoms with Crippen LogP contribution in [0.5, 0.6) is 0 Å². The zero-order valence-electron chi connectivity index (χ0n) is 9.03. The van der Waals surface area contributed by atoms with Crippen LogP contribution in [0.25, 0.3) is 0 Å². The lowest BCUT2D eigenvalue weighted by atomic mass is 10.1. The Kier molecular flexibility index (Phi) is 4.55. The van der Waals surface area contributed by atoms with Crippen LogP contribution in [0.2, 0.25) is 0 Å². The molecular weight excluding hydrogens is 196 g/mol. The minimum Gasteiger partial charge on any atom is -0.480 e. The normalized spacial score (nSPS) is 18.6. The van der Waals surface area contributed by atoms with Gasteiger partial charge in [-0.05, 0) is 26.3 Å². The van der Waals surface area contributed by atoms with E-state index in [4.69, 9.17) is 5.11 Å². The zero-order valence-corrected chi connectivity index (χ0v) is 9.03. The molecule has 1 amide bonds. The summed E-state index contributed by atoms with van der Waals surface area (Å²) < 4.78 is 0. The average molecular weight is 214 g/mol. The topological polar surface area (TPSA) is 69.6 Å². The van der Waals surface area contributed by atoms with Crippen LogP contribution in [0, 0.1) is 0 Å². The van der Waals surface area contributed by atoms with E-state index in [1.807, 2.05) is 0 Å². The number of likely N-dealkylation sites (tertiary alicyclic amines) is 1. The molecule has 15 heavy (non-hydrogen) atoms. The number of rotatable bonds is 4. The molecule has 0 radical (unpaired) electrons. The molecule has 0 aromatic rings. The Morgan fingerprint density at radius 3 is 2.40 bits per heavy atom. The van der Waals surface area contributed by atoms with Crippen molar-refractivity contribution in [1.29, 1.82) is 0 Å². The summed E-state index contributed by atoms with van der Waals surface area (Å²) in [5.41, 5.74) is 0. The van der Waals surface area contributed by atoms with Gasteiger partial charge in [0, 0.05) is 13.1 Å². The highest BCUT2D eigenvalue weighted by Gasteiger charge is 2.23. The van der Waals surface area contributed by atoms with Crippen LogP contribution in [0.3, 0.4) is 0 Å². The highest BCUT2D eigenvalue weighted by molar-refractivity contribution is 5.84. The lowest BCUT2D eigenvalue weighted by molar-refractivity contribution is -0.143. The third-order valence-electron chi connectivity index (χ3n) is 2.73. The molecule has 5 nitrogen and oxygen atoms in total. The number of hydrogen-bond donors (Lipinski definition) is 2. The largest absolute Gasteiger partial charge is 0.480 e. The molecule has 1 rings (SSSR count). The molecule has 2 N–H and O–H groups in total. The summed E-state index contributed by atoms with van der Waals surface area (Å²) in [4.78, 5) is 24.2. The highest BCUT2D eigenvalue weighted by atomic mass is 16.4. The van der Waals surface area contributed by atoms with E-state index in [0.717, 1.165) is 32.4 Å². The molecule has 0 bridgehead atoms. The Labute approximate surface area is 89.4 Å². The third kappa shape index (κ3) is 3.51. The Hall–Kier alpha value is -1.10. The Morgan fingerprint density at radius 1 is 1.33 bits per heavy atom. The molecule has 1 heterocycles. The summed E-state index contributed by atoms with van der Waals surface area (Å²) in [6.45, 7) is 1.55. The fraction of sp³-hybridized carbons (Fsp3) is 0.800. The van der Waals surface area contributed by atoms with E-state index in [-0.39, 0.29) is 12.3 Å². The van der Waals surface area contributed by atoms with Crippen LogP contribution in [0.4, 0.5) is 0 Å². The second-order valence-corrected chi connectivity index (χ2v) is 3.83. The van der Waals surface area contributed by atoms with Gasteiger partial charge in [-0.15, -0.1) is 0 Å². The lowest BCUT2D eigenvalue weighted by Gasteiger charge is -2.27. The third-order valence-corrected chi connectivity index (χ3v) is 2.73. The summed E-state index contributed by atoms with van der Waals surface area (Å²) in [5, 5.41) is 11.4. The second kappa shape index (κ2) is 5.70. The monoisotopic (exact) mass is 214 g/mol. The van der Waals surface area contributed by atoms with Crippen LogP contribution < -0.4 is 5.32 Å².